The number of carbonyl (C=O) groups excluding carboxylic acids is 1. The summed E-state index contributed by atoms with van der Waals surface area (Å²) in [6.07, 6.45) is 0. The molecule has 3 aromatic carbocycles. The average Bonchev–Trinajstić information content (AvgIpc) is 2.66. The van der Waals surface area contributed by atoms with Gasteiger partial charge in [0.15, 0.2) is 5.11 Å². The summed E-state index contributed by atoms with van der Waals surface area (Å²) >= 11 is 11.7. The highest BCUT2D eigenvalue weighted by atomic mass is 79.9. The normalized spacial score (nSPS) is 10.3. The molecular formula is C20H14Br2N2O2S. The van der Waals surface area contributed by atoms with Crippen LogP contribution in [0.3, 0.4) is 0 Å². The zero-order valence-corrected chi connectivity index (χ0v) is 17.9. The molecule has 0 radical (unpaired) electrons. The number of benzene rings is 3. The molecule has 1 amide bonds. The van der Waals surface area contributed by atoms with Gasteiger partial charge in [-0.25, -0.2) is 0 Å². The summed E-state index contributed by atoms with van der Waals surface area (Å²) < 4.78 is 1.01. The number of nitrogens with one attached hydrogen (secondary N) is 2. The quantitative estimate of drug-likeness (QED) is 0.315. The number of phenolic OH excluding ortho intramolecular Hbond substituents is 1. The van der Waals surface area contributed by atoms with Gasteiger partial charge in [-0.3, -0.25) is 10.1 Å². The van der Waals surface area contributed by atoms with Gasteiger partial charge in [-0.15, -0.1) is 0 Å². The Bertz CT molecular complexity index is 970. The lowest BCUT2D eigenvalue weighted by atomic mass is 10.0. The molecule has 0 aromatic heterocycles. The van der Waals surface area contributed by atoms with E-state index >= 15 is 0 Å². The standard InChI is InChI=1S/C20H14Br2N2O2S/c21-16-10-15(11-17(22)18(16)25)23-20(27)24-19(26)14-8-6-13(7-9-14)12-4-2-1-3-5-12/h1-11,25H,(H2,23,24,26,27). The third-order valence-electron chi connectivity index (χ3n) is 3.76. The first-order valence-electron chi connectivity index (χ1n) is 7.90. The molecule has 0 spiro atoms. The Kier molecular flexibility index (Phi) is 6.26. The van der Waals surface area contributed by atoms with Crippen molar-refractivity contribution in [1.29, 1.82) is 0 Å². The maximum absolute atomic E-state index is 12.4. The van der Waals surface area contributed by atoms with Crippen molar-refractivity contribution in [3.05, 3.63) is 81.2 Å². The molecule has 0 aliphatic rings. The van der Waals surface area contributed by atoms with Crippen molar-refractivity contribution in [2.75, 3.05) is 5.32 Å². The van der Waals surface area contributed by atoms with E-state index in [1.54, 1.807) is 24.3 Å². The molecule has 3 rings (SSSR count). The number of aromatic hydroxyl groups is 1. The van der Waals surface area contributed by atoms with Gasteiger partial charge in [-0.1, -0.05) is 42.5 Å². The van der Waals surface area contributed by atoms with Crippen molar-refractivity contribution in [1.82, 2.24) is 5.32 Å². The lowest BCUT2D eigenvalue weighted by Crippen LogP contribution is -2.34. The van der Waals surface area contributed by atoms with E-state index in [-0.39, 0.29) is 16.8 Å². The van der Waals surface area contributed by atoms with Crippen molar-refractivity contribution in [2.24, 2.45) is 0 Å². The monoisotopic (exact) mass is 504 g/mol. The summed E-state index contributed by atoms with van der Waals surface area (Å²) in [4.78, 5) is 12.4. The Morgan fingerprint density at radius 2 is 1.44 bits per heavy atom. The first kappa shape index (κ1) is 19.5. The van der Waals surface area contributed by atoms with Gasteiger partial charge < -0.3 is 10.4 Å². The molecule has 4 nitrogen and oxygen atoms in total. The smallest absolute Gasteiger partial charge is 0.257 e. The number of hydrogen-bond donors (Lipinski definition) is 3. The number of carbonyl (C=O) groups is 1. The Morgan fingerprint density at radius 1 is 0.889 bits per heavy atom. The van der Waals surface area contributed by atoms with Gasteiger partial charge in [0, 0.05) is 11.3 Å². The minimum atomic E-state index is -0.302. The fraction of sp³-hybridized carbons (Fsp3) is 0. The average molecular weight is 506 g/mol. The lowest BCUT2D eigenvalue weighted by Gasteiger charge is -2.11. The van der Waals surface area contributed by atoms with E-state index in [0.29, 0.717) is 20.2 Å². The number of halogens is 2. The fourth-order valence-corrected chi connectivity index (χ4v) is 3.82. The highest BCUT2D eigenvalue weighted by molar-refractivity contribution is 9.11. The van der Waals surface area contributed by atoms with Gasteiger partial charge in [0.05, 0.1) is 8.95 Å². The van der Waals surface area contributed by atoms with Crippen LogP contribution in [-0.4, -0.2) is 16.1 Å². The number of phenols is 1. The predicted molar refractivity (Wildman–Crippen MR) is 119 cm³/mol. The molecule has 0 saturated carbocycles. The summed E-state index contributed by atoms with van der Waals surface area (Å²) in [5.41, 5.74) is 3.25. The summed E-state index contributed by atoms with van der Waals surface area (Å²) in [6.45, 7) is 0. The van der Waals surface area contributed by atoms with Crippen LogP contribution in [0.1, 0.15) is 10.4 Å². The molecule has 0 atom stereocenters. The zero-order chi connectivity index (χ0) is 19.4. The first-order valence-corrected chi connectivity index (χ1v) is 9.89. The second-order valence-electron chi connectivity index (χ2n) is 5.64. The van der Waals surface area contributed by atoms with Crippen LogP contribution in [0.25, 0.3) is 11.1 Å². The number of thiocarbonyl (C=S) groups is 1. The number of hydrogen-bond acceptors (Lipinski definition) is 3. The van der Waals surface area contributed by atoms with E-state index in [9.17, 15) is 9.90 Å². The van der Waals surface area contributed by atoms with E-state index in [4.69, 9.17) is 12.2 Å². The Labute approximate surface area is 178 Å². The molecule has 3 aromatic rings. The molecule has 27 heavy (non-hydrogen) atoms. The minimum Gasteiger partial charge on any atom is -0.506 e. The predicted octanol–water partition coefficient (Wildman–Crippen LogP) is 5.71. The van der Waals surface area contributed by atoms with Crippen molar-refractivity contribution in [3.63, 3.8) is 0 Å². The highest BCUT2D eigenvalue weighted by Gasteiger charge is 2.10. The van der Waals surface area contributed by atoms with Crippen LogP contribution < -0.4 is 10.6 Å². The molecule has 0 aliphatic heterocycles. The van der Waals surface area contributed by atoms with E-state index in [1.165, 1.54) is 0 Å². The van der Waals surface area contributed by atoms with E-state index in [2.05, 4.69) is 42.5 Å². The zero-order valence-electron chi connectivity index (χ0n) is 13.9. The van der Waals surface area contributed by atoms with Gasteiger partial charge in [0.1, 0.15) is 5.75 Å². The maximum atomic E-state index is 12.4. The molecule has 0 heterocycles. The first-order chi connectivity index (χ1) is 12.9. The largest absolute Gasteiger partial charge is 0.506 e. The SMILES string of the molecule is O=C(NC(=S)Nc1cc(Br)c(O)c(Br)c1)c1ccc(-c2ccccc2)cc1. The molecule has 0 bridgehead atoms. The van der Waals surface area contributed by atoms with E-state index < -0.39 is 0 Å². The summed E-state index contributed by atoms with van der Waals surface area (Å²) in [5, 5.41) is 15.5. The number of rotatable bonds is 3. The molecule has 0 fully saturated rings. The van der Waals surface area contributed by atoms with Crippen molar-refractivity contribution < 1.29 is 9.90 Å². The van der Waals surface area contributed by atoms with Gasteiger partial charge in [0.25, 0.3) is 5.91 Å². The molecular weight excluding hydrogens is 492 g/mol. The lowest BCUT2D eigenvalue weighted by molar-refractivity contribution is 0.0978. The van der Waals surface area contributed by atoms with Crippen LogP contribution in [0.5, 0.6) is 5.75 Å². The number of amides is 1. The molecule has 0 unspecified atom stereocenters. The third kappa shape index (κ3) is 4.94. The van der Waals surface area contributed by atoms with Crippen LogP contribution in [0.4, 0.5) is 5.69 Å². The van der Waals surface area contributed by atoms with Crippen LogP contribution in [0.2, 0.25) is 0 Å². The molecule has 7 heteroatoms. The highest BCUT2D eigenvalue weighted by Crippen LogP contribution is 2.35. The third-order valence-corrected chi connectivity index (χ3v) is 5.17. The molecule has 136 valence electrons. The Morgan fingerprint density at radius 3 is 2.04 bits per heavy atom. The van der Waals surface area contributed by atoms with Crippen LogP contribution in [0, 0.1) is 0 Å². The minimum absolute atomic E-state index is 0.0917. The molecule has 0 aliphatic carbocycles. The summed E-state index contributed by atoms with van der Waals surface area (Å²) in [6, 6.07) is 20.6. The van der Waals surface area contributed by atoms with Gasteiger partial charge in [-0.2, -0.15) is 0 Å². The van der Waals surface area contributed by atoms with Crippen molar-refractivity contribution in [2.45, 2.75) is 0 Å². The van der Waals surface area contributed by atoms with Gasteiger partial charge in [0.2, 0.25) is 0 Å². The topological polar surface area (TPSA) is 61.4 Å². The van der Waals surface area contributed by atoms with Crippen LogP contribution in [-0.2, 0) is 0 Å². The Balaban J connectivity index is 1.65. The fourth-order valence-electron chi connectivity index (χ4n) is 2.42. The second kappa shape index (κ2) is 8.65. The Hall–Kier alpha value is -2.22. The van der Waals surface area contributed by atoms with Gasteiger partial charge >= 0.3 is 0 Å². The maximum Gasteiger partial charge on any atom is 0.257 e. The van der Waals surface area contributed by atoms with Crippen LogP contribution >= 0.6 is 44.1 Å². The van der Waals surface area contributed by atoms with Crippen molar-refractivity contribution in [3.8, 4) is 16.9 Å². The second-order valence-corrected chi connectivity index (χ2v) is 7.76. The van der Waals surface area contributed by atoms with Crippen LogP contribution in [0.15, 0.2) is 75.7 Å². The summed E-state index contributed by atoms with van der Waals surface area (Å²) in [7, 11) is 0. The molecule has 0 saturated heterocycles. The van der Waals surface area contributed by atoms with E-state index in [1.807, 2.05) is 42.5 Å². The molecule has 3 N–H and O–H groups in total. The summed E-state index contributed by atoms with van der Waals surface area (Å²) in [5.74, 6) is -0.210. The van der Waals surface area contributed by atoms with Crippen molar-refractivity contribution >= 4 is 60.8 Å². The van der Waals surface area contributed by atoms with Gasteiger partial charge in [-0.05, 0) is 79.5 Å². The number of anilines is 1. The van der Waals surface area contributed by atoms with E-state index in [0.717, 1.165) is 11.1 Å².